The van der Waals surface area contributed by atoms with Crippen molar-refractivity contribution in [3.63, 3.8) is 0 Å². The first kappa shape index (κ1) is 18.6. The van der Waals surface area contributed by atoms with Gasteiger partial charge in [-0.3, -0.25) is 4.79 Å². The highest BCUT2D eigenvalue weighted by Gasteiger charge is 2.16. The summed E-state index contributed by atoms with van der Waals surface area (Å²) in [5, 5.41) is 4.76. The van der Waals surface area contributed by atoms with Gasteiger partial charge < -0.3 is 4.74 Å². The van der Waals surface area contributed by atoms with E-state index in [-0.39, 0.29) is 12.3 Å². The lowest BCUT2D eigenvalue weighted by atomic mass is 10.2. The first-order chi connectivity index (χ1) is 13.0. The van der Waals surface area contributed by atoms with Crippen molar-refractivity contribution in [2.45, 2.75) is 6.92 Å². The molecule has 0 amide bonds. The van der Waals surface area contributed by atoms with E-state index in [2.05, 4.69) is 5.10 Å². The predicted molar refractivity (Wildman–Crippen MR) is 105 cm³/mol. The van der Waals surface area contributed by atoms with Gasteiger partial charge in [0.1, 0.15) is 6.61 Å². The number of benzene rings is 2. The van der Waals surface area contributed by atoms with Crippen molar-refractivity contribution in [3.05, 3.63) is 98.9 Å². The third-order valence-corrected chi connectivity index (χ3v) is 4.04. The number of aryl methyl sites for hydroxylation is 1. The van der Waals surface area contributed by atoms with Gasteiger partial charge in [-0.1, -0.05) is 48.0 Å². The van der Waals surface area contributed by atoms with Gasteiger partial charge in [-0.15, -0.1) is 0 Å². The van der Waals surface area contributed by atoms with E-state index in [1.165, 1.54) is 10.7 Å². The number of ether oxygens (including phenoxy) is 1. The van der Waals surface area contributed by atoms with Crippen LogP contribution >= 0.6 is 11.6 Å². The van der Waals surface area contributed by atoms with E-state index in [0.717, 1.165) is 5.56 Å². The zero-order valence-electron chi connectivity index (χ0n) is 14.6. The first-order valence-corrected chi connectivity index (χ1v) is 8.68. The first-order valence-electron chi connectivity index (χ1n) is 8.30. The molecule has 0 bridgehead atoms. The van der Waals surface area contributed by atoms with Crippen LogP contribution in [0.25, 0.3) is 11.8 Å². The van der Waals surface area contributed by atoms with Gasteiger partial charge in [0, 0.05) is 16.8 Å². The maximum Gasteiger partial charge on any atom is 0.363 e. The number of halogens is 1. The van der Waals surface area contributed by atoms with Crippen LogP contribution in [0.5, 0.6) is 0 Å². The predicted octanol–water partition coefficient (Wildman–Crippen LogP) is 4.06. The maximum atomic E-state index is 12.3. The molecule has 0 saturated carbocycles. The molecule has 0 atom stereocenters. The largest absolute Gasteiger partial charge is 0.457 e. The van der Waals surface area contributed by atoms with Gasteiger partial charge in [0.05, 0.1) is 5.69 Å². The van der Waals surface area contributed by atoms with Gasteiger partial charge in [0.15, 0.2) is 0 Å². The number of aromatic nitrogens is 2. The van der Waals surface area contributed by atoms with E-state index < -0.39 is 11.4 Å². The topological polar surface area (TPSA) is 61.2 Å². The lowest BCUT2D eigenvalue weighted by Crippen LogP contribution is -2.24. The van der Waals surface area contributed by atoms with Gasteiger partial charge in [0.2, 0.25) is 11.1 Å². The molecule has 0 spiro atoms. The Bertz CT molecular complexity index is 1030. The van der Waals surface area contributed by atoms with E-state index in [1.807, 2.05) is 36.4 Å². The summed E-state index contributed by atoms with van der Waals surface area (Å²) in [5.74, 6) is -0.763. The third kappa shape index (κ3) is 4.71. The maximum absolute atomic E-state index is 12.3. The number of carbonyl (C=O) groups is 1. The summed E-state index contributed by atoms with van der Waals surface area (Å²) in [5.41, 5.74) is 1.54. The molecule has 6 heteroatoms. The van der Waals surface area contributed by atoms with Gasteiger partial charge in [-0.25, -0.2) is 9.48 Å². The van der Waals surface area contributed by atoms with Crippen molar-refractivity contribution in [1.29, 1.82) is 0 Å². The molecule has 0 aliphatic carbocycles. The SMILES string of the molecule is Cc1cc(=O)c(C(=O)OC/C=C/c2ccccc2)nn1-c1ccc(Cl)cc1. The van der Waals surface area contributed by atoms with Gasteiger partial charge in [-0.2, -0.15) is 5.10 Å². The highest BCUT2D eigenvalue weighted by molar-refractivity contribution is 6.30. The minimum atomic E-state index is -0.763. The van der Waals surface area contributed by atoms with Crippen molar-refractivity contribution >= 4 is 23.6 Å². The normalized spacial score (nSPS) is 10.9. The number of rotatable bonds is 5. The Morgan fingerprint density at radius 2 is 1.85 bits per heavy atom. The molecule has 1 aromatic heterocycles. The molecule has 0 saturated heterocycles. The third-order valence-electron chi connectivity index (χ3n) is 3.79. The molecule has 0 aliphatic rings. The zero-order valence-corrected chi connectivity index (χ0v) is 15.4. The van der Waals surface area contributed by atoms with E-state index in [0.29, 0.717) is 16.4 Å². The second-order valence-electron chi connectivity index (χ2n) is 5.80. The van der Waals surface area contributed by atoms with Crippen LogP contribution in [0.3, 0.4) is 0 Å². The molecule has 0 unspecified atom stereocenters. The number of hydrogen-bond acceptors (Lipinski definition) is 4. The summed E-state index contributed by atoms with van der Waals surface area (Å²) in [7, 11) is 0. The fourth-order valence-electron chi connectivity index (χ4n) is 2.47. The van der Waals surface area contributed by atoms with E-state index in [9.17, 15) is 9.59 Å². The number of esters is 1. The molecular weight excluding hydrogens is 364 g/mol. The Morgan fingerprint density at radius 3 is 2.56 bits per heavy atom. The molecule has 136 valence electrons. The van der Waals surface area contributed by atoms with Crippen LogP contribution in [0.1, 0.15) is 21.7 Å². The summed E-state index contributed by atoms with van der Waals surface area (Å²) in [6.07, 6.45) is 3.54. The van der Waals surface area contributed by atoms with Crippen molar-refractivity contribution in [1.82, 2.24) is 9.78 Å². The molecule has 5 nitrogen and oxygen atoms in total. The second kappa shape index (κ2) is 8.47. The summed E-state index contributed by atoms with van der Waals surface area (Å²) in [6.45, 7) is 1.78. The Balaban J connectivity index is 1.76. The molecule has 3 aromatic rings. The fourth-order valence-corrected chi connectivity index (χ4v) is 2.60. The van der Waals surface area contributed by atoms with Crippen molar-refractivity contribution in [2.75, 3.05) is 6.61 Å². The van der Waals surface area contributed by atoms with Crippen LogP contribution in [0.2, 0.25) is 5.02 Å². The van der Waals surface area contributed by atoms with Crippen LogP contribution in [0, 0.1) is 6.92 Å². The fraction of sp³-hybridized carbons (Fsp3) is 0.0952. The molecule has 3 rings (SSSR count). The number of nitrogens with zero attached hydrogens (tertiary/aromatic N) is 2. The van der Waals surface area contributed by atoms with E-state index in [1.54, 1.807) is 37.3 Å². The van der Waals surface area contributed by atoms with E-state index >= 15 is 0 Å². The Morgan fingerprint density at radius 1 is 1.15 bits per heavy atom. The van der Waals surface area contributed by atoms with Crippen LogP contribution in [0.15, 0.2) is 71.5 Å². The molecule has 27 heavy (non-hydrogen) atoms. The highest BCUT2D eigenvalue weighted by Crippen LogP contribution is 2.14. The van der Waals surface area contributed by atoms with Crippen LogP contribution in [-0.4, -0.2) is 22.4 Å². The average Bonchev–Trinajstić information content (AvgIpc) is 2.67. The Hall–Kier alpha value is -3.18. The van der Waals surface area contributed by atoms with Gasteiger partial charge in [0.25, 0.3) is 0 Å². The van der Waals surface area contributed by atoms with Crippen molar-refractivity contribution in [2.24, 2.45) is 0 Å². The summed E-state index contributed by atoms with van der Waals surface area (Å²) in [4.78, 5) is 24.4. The minimum Gasteiger partial charge on any atom is -0.457 e. The summed E-state index contributed by atoms with van der Waals surface area (Å²) in [6, 6.07) is 17.9. The quantitative estimate of drug-likeness (QED) is 0.626. The van der Waals surface area contributed by atoms with Gasteiger partial charge >= 0.3 is 5.97 Å². The summed E-state index contributed by atoms with van der Waals surface area (Å²) >= 11 is 5.90. The monoisotopic (exact) mass is 380 g/mol. The smallest absolute Gasteiger partial charge is 0.363 e. The Kier molecular flexibility index (Phi) is 5.84. The number of carbonyl (C=O) groups excluding carboxylic acids is 1. The molecule has 0 N–H and O–H groups in total. The molecule has 0 radical (unpaired) electrons. The molecule has 0 fully saturated rings. The highest BCUT2D eigenvalue weighted by atomic mass is 35.5. The number of hydrogen-bond donors (Lipinski definition) is 0. The van der Waals surface area contributed by atoms with Crippen LogP contribution < -0.4 is 5.43 Å². The lowest BCUT2D eigenvalue weighted by Gasteiger charge is -2.10. The van der Waals surface area contributed by atoms with Gasteiger partial charge in [-0.05, 0) is 42.8 Å². The average molecular weight is 381 g/mol. The summed E-state index contributed by atoms with van der Waals surface area (Å²) < 4.78 is 6.67. The molecule has 1 heterocycles. The minimum absolute atomic E-state index is 0.0453. The Labute approximate surface area is 161 Å². The van der Waals surface area contributed by atoms with Crippen molar-refractivity contribution < 1.29 is 9.53 Å². The zero-order chi connectivity index (χ0) is 19.2. The van der Waals surface area contributed by atoms with Crippen LogP contribution in [0.4, 0.5) is 0 Å². The molecule has 0 aliphatic heterocycles. The molecular formula is C21H17ClN2O3. The standard InChI is InChI=1S/C21H17ClN2O3/c1-15-14-19(25)20(23-24(15)18-11-9-17(22)10-12-18)21(26)27-13-5-8-16-6-3-2-4-7-16/h2-12,14H,13H2,1H3/b8-5+. The van der Waals surface area contributed by atoms with E-state index in [4.69, 9.17) is 16.3 Å². The van der Waals surface area contributed by atoms with Crippen molar-refractivity contribution in [3.8, 4) is 5.69 Å². The lowest BCUT2D eigenvalue weighted by molar-refractivity contribution is 0.0539. The second-order valence-corrected chi connectivity index (χ2v) is 6.23. The van der Waals surface area contributed by atoms with Crippen LogP contribution in [-0.2, 0) is 4.74 Å². The molecule has 2 aromatic carbocycles.